The van der Waals surface area contributed by atoms with E-state index in [0.29, 0.717) is 50.0 Å². The normalized spacial score (nSPS) is 19.0. The summed E-state index contributed by atoms with van der Waals surface area (Å²) in [6.07, 6.45) is -1.33. The topological polar surface area (TPSA) is 47.9 Å². The molecule has 0 spiro atoms. The third-order valence-corrected chi connectivity index (χ3v) is 8.91. The average Bonchev–Trinajstić information content (AvgIpc) is 3.32. The molecule has 0 radical (unpaired) electrons. The molecule has 7 nitrogen and oxygen atoms in total. The molecule has 2 fully saturated rings. The van der Waals surface area contributed by atoms with Crippen LogP contribution in [0.2, 0.25) is 0 Å². The molecular weight excluding hydrogens is 548 g/mol. The molecule has 0 aliphatic carbocycles. The Morgan fingerprint density at radius 3 is 2.38 bits per heavy atom. The molecule has 3 aromatic rings. The molecule has 0 saturated carbocycles. The lowest BCUT2D eigenvalue weighted by Gasteiger charge is -2.43. The molecule has 3 aliphatic heterocycles. The van der Waals surface area contributed by atoms with Gasteiger partial charge in [0.1, 0.15) is 5.82 Å². The second-order valence-electron chi connectivity index (χ2n) is 11.9. The summed E-state index contributed by atoms with van der Waals surface area (Å²) >= 11 is 0. The van der Waals surface area contributed by atoms with E-state index in [1.165, 1.54) is 23.1 Å². The minimum absolute atomic E-state index is 0.0279. The van der Waals surface area contributed by atoms with E-state index in [-0.39, 0.29) is 36.0 Å². The molecule has 11 heteroatoms. The Labute approximate surface area is 243 Å². The quantitative estimate of drug-likeness (QED) is 0.323. The molecule has 1 aromatic heterocycles. The number of halogens is 4. The molecule has 0 bridgehead atoms. The first-order valence-electron chi connectivity index (χ1n) is 14.6. The maximum absolute atomic E-state index is 14.7. The Kier molecular flexibility index (Phi) is 7.41. The molecule has 0 N–H and O–H groups in total. The second-order valence-corrected chi connectivity index (χ2v) is 11.9. The fraction of sp³-hybridized carbons (Fsp3) is 0.484. The van der Waals surface area contributed by atoms with Crippen LogP contribution >= 0.6 is 0 Å². The van der Waals surface area contributed by atoms with Gasteiger partial charge in [0.2, 0.25) is 0 Å². The number of alkyl halides is 3. The summed E-state index contributed by atoms with van der Waals surface area (Å²) in [4.78, 5) is 21.6. The van der Waals surface area contributed by atoms with Crippen LogP contribution in [-0.2, 0) is 19.3 Å². The summed E-state index contributed by atoms with van der Waals surface area (Å²) in [7, 11) is 0. The standard InChI is InChI=1S/C31H36F4N6O/c1-20(2)38-18-25(19-38)41-17-23-16-39(24-11-13-37(14-12-24)28-21(3)7-6-10-27(28)32)30(42)40(29(23)36-41)15-22-8-4-5-9-26(22)31(33,34)35/h4-10,17,20,24-25H,11-16,18-19H2,1-3H3. The number of hydrogen-bond donors (Lipinski definition) is 0. The minimum atomic E-state index is -4.54. The number of urea groups is 1. The van der Waals surface area contributed by atoms with Crippen LogP contribution in [0, 0.1) is 12.7 Å². The highest BCUT2D eigenvalue weighted by molar-refractivity contribution is 5.94. The monoisotopic (exact) mass is 584 g/mol. The van der Waals surface area contributed by atoms with Crippen LogP contribution in [0.4, 0.5) is 33.9 Å². The molecule has 224 valence electrons. The lowest BCUT2D eigenvalue weighted by molar-refractivity contribution is -0.138. The van der Waals surface area contributed by atoms with Crippen molar-refractivity contribution in [2.75, 3.05) is 36.0 Å². The summed E-state index contributed by atoms with van der Waals surface area (Å²) in [6, 6.07) is 10.5. The molecule has 42 heavy (non-hydrogen) atoms. The number of fused-ring (bicyclic) bond motifs is 1. The SMILES string of the molecule is Cc1cccc(F)c1N1CCC(N2Cc3cn(C4CN(C(C)C)C4)nc3N(Cc3ccccc3C(F)(F)F)C2=O)CC1. The lowest BCUT2D eigenvalue weighted by atomic mass is 10.00. The molecule has 3 aliphatic rings. The van der Waals surface area contributed by atoms with Gasteiger partial charge in [0.25, 0.3) is 0 Å². The van der Waals surface area contributed by atoms with Gasteiger partial charge in [-0.2, -0.15) is 18.3 Å². The van der Waals surface area contributed by atoms with Crippen molar-refractivity contribution < 1.29 is 22.4 Å². The summed E-state index contributed by atoms with van der Waals surface area (Å²) in [5.41, 5.74) is 1.55. The van der Waals surface area contributed by atoms with Crippen molar-refractivity contribution in [3.8, 4) is 0 Å². The van der Waals surface area contributed by atoms with Gasteiger partial charge >= 0.3 is 12.2 Å². The van der Waals surface area contributed by atoms with Crippen LogP contribution in [0.3, 0.4) is 0 Å². The average molecular weight is 585 g/mol. The van der Waals surface area contributed by atoms with Crippen molar-refractivity contribution in [3.63, 3.8) is 0 Å². The number of hydrogen-bond acceptors (Lipinski definition) is 4. The number of amides is 2. The van der Waals surface area contributed by atoms with Gasteiger partial charge in [-0.05, 0) is 56.9 Å². The Balaban J connectivity index is 1.28. The van der Waals surface area contributed by atoms with Gasteiger partial charge in [-0.25, -0.2) is 9.18 Å². The Hall–Kier alpha value is -3.60. The predicted octanol–water partition coefficient (Wildman–Crippen LogP) is 6.23. The molecule has 6 rings (SSSR count). The second kappa shape index (κ2) is 10.9. The number of likely N-dealkylation sites (tertiary alicyclic amines) is 1. The zero-order chi connectivity index (χ0) is 29.8. The van der Waals surface area contributed by atoms with E-state index in [9.17, 15) is 22.4 Å². The van der Waals surface area contributed by atoms with Gasteiger partial charge < -0.3 is 9.80 Å². The summed E-state index contributed by atoms with van der Waals surface area (Å²) in [5, 5.41) is 4.77. The van der Waals surface area contributed by atoms with E-state index in [2.05, 4.69) is 18.7 Å². The largest absolute Gasteiger partial charge is 0.416 e. The van der Waals surface area contributed by atoms with E-state index >= 15 is 0 Å². The van der Waals surface area contributed by atoms with Gasteiger partial charge in [0.05, 0.1) is 30.4 Å². The molecule has 4 heterocycles. The third-order valence-electron chi connectivity index (χ3n) is 8.91. The number of benzene rings is 2. The van der Waals surface area contributed by atoms with E-state index < -0.39 is 11.7 Å². The van der Waals surface area contributed by atoms with Gasteiger partial charge in [-0.3, -0.25) is 14.5 Å². The maximum atomic E-state index is 14.7. The van der Waals surface area contributed by atoms with Gasteiger partial charge in [-0.1, -0.05) is 30.3 Å². The first-order chi connectivity index (χ1) is 20.0. The highest BCUT2D eigenvalue weighted by Crippen LogP contribution is 2.38. The number of aryl methyl sites for hydroxylation is 1. The van der Waals surface area contributed by atoms with Crippen LogP contribution in [0.15, 0.2) is 48.7 Å². The molecule has 2 saturated heterocycles. The van der Waals surface area contributed by atoms with Crippen LogP contribution < -0.4 is 9.80 Å². The molecule has 0 unspecified atom stereocenters. The van der Waals surface area contributed by atoms with E-state index in [1.54, 1.807) is 17.0 Å². The first kappa shape index (κ1) is 28.5. The van der Waals surface area contributed by atoms with E-state index in [1.807, 2.05) is 28.8 Å². The summed E-state index contributed by atoms with van der Waals surface area (Å²) in [5.74, 6) is 0.164. The number of piperidine rings is 1. The van der Waals surface area contributed by atoms with Crippen molar-refractivity contribution in [3.05, 3.63) is 76.7 Å². The van der Waals surface area contributed by atoms with Crippen molar-refractivity contribution in [1.82, 2.24) is 19.6 Å². The number of rotatable bonds is 6. The fourth-order valence-corrected chi connectivity index (χ4v) is 6.48. The Morgan fingerprint density at radius 2 is 1.71 bits per heavy atom. The van der Waals surface area contributed by atoms with Crippen LogP contribution in [0.1, 0.15) is 55.0 Å². The van der Waals surface area contributed by atoms with Crippen molar-refractivity contribution in [1.29, 1.82) is 0 Å². The Morgan fingerprint density at radius 1 is 1.00 bits per heavy atom. The maximum Gasteiger partial charge on any atom is 0.416 e. The van der Waals surface area contributed by atoms with Gasteiger partial charge in [-0.15, -0.1) is 0 Å². The first-order valence-corrected chi connectivity index (χ1v) is 14.6. The fourth-order valence-electron chi connectivity index (χ4n) is 6.48. The van der Waals surface area contributed by atoms with Gasteiger partial charge in [0, 0.05) is 50.0 Å². The summed E-state index contributed by atoms with van der Waals surface area (Å²) in [6.45, 7) is 9.09. The summed E-state index contributed by atoms with van der Waals surface area (Å²) < 4.78 is 58.2. The van der Waals surface area contributed by atoms with Crippen LogP contribution in [0.25, 0.3) is 0 Å². The van der Waals surface area contributed by atoms with Crippen molar-refractivity contribution in [2.45, 2.75) is 71.0 Å². The van der Waals surface area contributed by atoms with E-state index in [0.717, 1.165) is 30.3 Å². The number of nitrogens with zero attached hydrogens (tertiary/aromatic N) is 6. The highest BCUT2D eigenvalue weighted by Gasteiger charge is 2.41. The van der Waals surface area contributed by atoms with Crippen LogP contribution in [0.5, 0.6) is 0 Å². The smallest absolute Gasteiger partial charge is 0.369 e. The van der Waals surface area contributed by atoms with Gasteiger partial charge in [0.15, 0.2) is 5.82 Å². The van der Waals surface area contributed by atoms with Crippen molar-refractivity contribution >= 4 is 17.5 Å². The number of anilines is 2. The highest BCUT2D eigenvalue weighted by atomic mass is 19.4. The third kappa shape index (κ3) is 5.23. The number of para-hydroxylation sites is 1. The van der Waals surface area contributed by atoms with E-state index in [4.69, 9.17) is 5.10 Å². The zero-order valence-electron chi connectivity index (χ0n) is 24.1. The van der Waals surface area contributed by atoms with Crippen molar-refractivity contribution in [2.24, 2.45) is 0 Å². The Bertz CT molecular complexity index is 1440. The zero-order valence-corrected chi connectivity index (χ0v) is 24.1. The molecule has 2 aromatic carbocycles. The molecular formula is C31H36F4N6O. The minimum Gasteiger partial charge on any atom is -0.369 e. The molecule has 0 atom stereocenters. The number of aromatic nitrogens is 2. The van der Waals surface area contributed by atoms with Crippen LogP contribution in [-0.4, -0.2) is 63.9 Å². The molecule has 2 amide bonds. The number of carbonyl (C=O) groups is 1. The predicted molar refractivity (Wildman–Crippen MR) is 153 cm³/mol. The lowest BCUT2D eigenvalue weighted by Crippen LogP contribution is -2.54. The number of carbonyl (C=O) groups excluding carboxylic acids is 1.